The number of imidazole rings is 1. The molecule has 0 amide bonds. The van der Waals surface area contributed by atoms with E-state index in [2.05, 4.69) is 31.3 Å². The Balaban J connectivity index is 2.56. The van der Waals surface area contributed by atoms with Crippen LogP contribution in [0.25, 0.3) is 11.2 Å². The fraction of sp³-hybridized carbons (Fsp3) is 0.615. The summed E-state index contributed by atoms with van der Waals surface area (Å²) in [7, 11) is 5.68. The fourth-order valence-corrected chi connectivity index (χ4v) is 2.59. The molecule has 1 atom stereocenters. The highest BCUT2D eigenvalue weighted by molar-refractivity contribution is 6.17. The minimum absolute atomic E-state index is 0.243. The number of halogens is 1. The molecule has 0 N–H and O–H groups in total. The molecule has 1 unspecified atom stereocenters. The number of aromatic nitrogens is 4. The number of ether oxygens (including phenoxy) is 1. The van der Waals surface area contributed by atoms with E-state index < -0.39 is 0 Å². The first-order valence-corrected chi connectivity index (χ1v) is 7.08. The maximum Gasteiger partial charge on any atom is 0.245 e. The monoisotopic (exact) mass is 297 g/mol. The molecule has 2 heterocycles. The van der Waals surface area contributed by atoms with Gasteiger partial charge in [0.1, 0.15) is 12.2 Å². The summed E-state index contributed by atoms with van der Waals surface area (Å²) in [5.41, 5.74) is 1.49. The maximum atomic E-state index is 5.89. The second-order valence-electron chi connectivity index (χ2n) is 5.00. The molecule has 6 nitrogen and oxygen atoms in total. The minimum atomic E-state index is 0.243. The van der Waals surface area contributed by atoms with Crippen LogP contribution in [0.5, 0.6) is 5.88 Å². The fourth-order valence-electron chi connectivity index (χ4n) is 2.42. The molecule has 2 aromatic heterocycles. The van der Waals surface area contributed by atoms with E-state index in [0.717, 1.165) is 18.0 Å². The number of fused-ring (bicyclic) bond motifs is 1. The van der Waals surface area contributed by atoms with Crippen LogP contribution in [0.1, 0.15) is 18.8 Å². The molecular weight excluding hydrogens is 278 g/mol. The van der Waals surface area contributed by atoms with Gasteiger partial charge in [-0.05, 0) is 21.0 Å². The number of nitrogens with zero attached hydrogens (tertiary/aromatic N) is 5. The Morgan fingerprint density at radius 2 is 2.15 bits per heavy atom. The van der Waals surface area contributed by atoms with E-state index in [0.29, 0.717) is 23.7 Å². The standard InChI is InChI=1S/C13H20ClN5O/c1-9(7-18(2)3)19-10(5-6-14)17-11-12(19)15-8-16-13(11)20-4/h8-9H,5-7H2,1-4H3. The second kappa shape index (κ2) is 6.37. The van der Waals surface area contributed by atoms with Gasteiger partial charge in [-0.1, -0.05) is 0 Å². The molecule has 0 aliphatic heterocycles. The third kappa shape index (κ3) is 2.86. The molecule has 0 spiro atoms. The van der Waals surface area contributed by atoms with Crippen molar-refractivity contribution in [1.29, 1.82) is 0 Å². The van der Waals surface area contributed by atoms with Gasteiger partial charge in [0.05, 0.1) is 7.11 Å². The van der Waals surface area contributed by atoms with Gasteiger partial charge in [0.25, 0.3) is 0 Å². The Morgan fingerprint density at radius 3 is 2.75 bits per heavy atom. The van der Waals surface area contributed by atoms with Crippen molar-refractivity contribution in [3.63, 3.8) is 0 Å². The average Bonchev–Trinajstić information content (AvgIpc) is 2.76. The number of aryl methyl sites for hydroxylation is 1. The highest BCUT2D eigenvalue weighted by atomic mass is 35.5. The van der Waals surface area contributed by atoms with Crippen LogP contribution < -0.4 is 4.74 Å². The van der Waals surface area contributed by atoms with Gasteiger partial charge in [-0.15, -0.1) is 11.6 Å². The lowest BCUT2D eigenvalue weighted by atomic mass is 10.3. The topological polar surface area (TPSA) is 56.1 Å². The largest absolute Gasteiger partial charge is 0.479 e. The zero-order valence-corrected chi connectivity index (χ0v) is 13.1. The van der Waals surface area contributed by atoms with Crippen LogP contribution in [0.3, 0.4) is 0 Å². The summed E-state index contributed by atoms with van der Waals surface area (Å²) in [4.78, 5) is 15.2. The van der Waals surface area contributed by atoms with E-state index in [-0.39, 0.29) is 6.04 Å². The van der Waals surface area contributed by atoms with E-state index in [1.165, 1.54) is 6.33 Å². The van der Waals surface area contributed by atoms with E-state index >= 15 is 0 Å². The second-order valence-corrected chi connectivity index (χ2v) is 5.38. The Kier molecular flexibility index (Phi) is 4.77. The van der Waals surface area contributed by atoms with Gasteiger partial charge in [0.15, 0.2) is 11.2 Å². The lowest BCUT2D eigenvalue weighted by Gasteiger charge is -2.20. The van der Waals surface area contributed by atoms with Gasteiger partial charge in [-0.25, -0.2) is 9.97 Å². The Morgan fingerprint density at radius 1 is 1.40 bits per heavy atom. The van der Waals surface area contributed by atoms with Gasteiger partial charge in [-0.3, -0.25) is 0 Å². The quantitative estimate of drug-likeness (QED) is 0.760. The van der Waals surface area contributed by atoms with Crippen molar-refractivity contribution in [2.75, 3.05) is 33.6 Å². The highest BCUT2D eigenvalue weighted by Crippen LogP contribution is 2.25. The lowest BCUT2D eigenvalue weighted by molar-refractivity contribution is 0.336. The van der Waals surface area contributed by atoms with Crippen LogP contribution in [0.4, 0.5) is 0 Å². The molecule has 0 aliphatic rings. The van der Waals surface area contributed by atoms with E-state index in [1.807, 2.05) is 14.1 Å². The zero-order chi connectivity index (χ0) is 14.7. The van der Waals surface area contributed by atoms with Crippen LogP contribution in [-0.4, -0.2) is 58.0 Å². The molecule has 20 heavy (non-hydrogen) atoms. The lowest BCUT2D eigenvalue weighted by Crippen LogP contribution is -2.24. The van der Waals surface area contributed by atoms with Crippen molar-refractivity contribution in [1.82, 2.24) is 24.4 Å². The first-order valence-electron chi connectivity index (χ1n) is 6.55. The summed E-state index contributed by atoms with van der Waals surface area (Å²) in [6.45, 7) is 3.04. The first kappa shape index (κ1) is 15.0. The van der Waals surface area contributed by atoms with Gasteiger partial charge in [0, 0.05) is 24.9 Å². The third-order valence-electron chi connectivity index (χ3n) is 3.10. The molecule has 0 bridgehead atoms. The SMILES string of the molecule is COc1ncnc2c1nc(CCCl)n2C(C)CN(C)C. The molecule has 110 valence electrons. The number of hydrogen-bond donors (Lipinski definition) is 0. The molecule has 0 radical (unpaired) electrons. The Bertz CT molecular complexity index is 583. The first-order chi connectivity index (χ1) is 9.58. The number of alkyl halides is 1. The molecule has 7 heteroatoms. The highest BCUT2D eigenvalue weighted by Gasteiger charge is 2.20. The maximum absolute atomic E-state index is 5.89. The van der Waals surface area contributed by atoms with Crippen molar-refractivity contribution in [3.05, 3.63) is 12.2 Å². The normalized spacial score (nSPS) is 13.1. The predicted octanol–water partition coefficient (Wildman–Crippen LogP) is 1.74. The van der Waals surface area contributed by atoms with Crippen LogP contribution in [0.2, 0.25) is 0 Å². The molecule has 0 fully saturated rings. The van der Waals surface area contributed by atoms with E-state index in [9.17, 15) is 0 Å². The van der Waals surface area contributed by atoms with E-state index in [1.54, 1.807) is 7.11 Å². The van der Waals surface area contributed by atoms with Crippen LogP contribution in [0.15, 0.2) is 6.33 Å². The molecule has 2 rings (SSSR count). The van der Waals surface area contributed by atoms with Crippen molar-refractivity contribution in [2.45, 2.75) is 19.4 Å². The molecule has 2 aromatic rings. The summed E-state index contributed by atoms with van der Waals surface area (Å²) in [5.74, 6) is 1.94. The summed E-state index contributed by atoms with van der Waals surface area (Å²) in [5, 5.41) is 0. The Labute approximate surface area is 123 Å². The Hall–Kier alpha value is -1.40. The van der Waals surface area contributed by atoms with Crippen molar-refractivity contribution in [3.8, 4) is 5.88 Å². The molecule has 0 aliphatic carbocycles. The molecule has 0 aromatic carbocycles. The summed E-state index contributed by atoms with van der Waals surface area (Å²) in [6.07, 6.45) is 2.20. The van der Waals surface area contributed by atoms with Gasteiger partial charge < -0.3 is 14.2 Å². The number of methoxy groups -OCH3 is 1. The van der Waals surface area contributed by atoms with Crippen molar-refractivity contribution >= 4 is 22.8 Å². The van der Waals surface area contributed by atoms with Gasteiger partial charge in [-0.2, -0.15) is 4.98 Å². The van der Waals surface area contributed by atoms with Crippen molar-refractivity contribution in [2.24, 2.45) is 0 Å². The predicted molar refractivity (Wildman–Crippen MR) is 79.6 cm³/mol. The minimum Gasteiger partial charge on any atom is -0.479 e. The van der Waals surface area contributed by atoms with Gasteiger partial charge in [0.2, 0.25) is 5.88 Å². The number of likely N-dealkylation sites (N-methyl/N-ethyl adjacent to an activating group) is 1. The van der Waals surface area contributed by atoms with Crippen LogP contribution in [0, 0.1) is 0 Å². The molecular formula is C13H20ClN5O. The zero-order valence-electron chi connectivity index (χ0n) is 12.3. The summed E-state index contributed by atoms with van der Waals surface area (Å²) in [6, 6.07) is 0.243. The van der Waals surface area contributed by atoms with E-state index in [4.69, 9.17) is 16.3 Å². The molecule has 0 saturated heterocycles. The average molecular weight is 298 g/mol. The number of hydrogen-bond acceptors (Lipinski definition) is 5. The smallest absolute Gasteiger partial charge is 0.245 e. The van der Waals surface area contributed by atoms with Crippen molar-refractivity contribution < 1.29 is 4.74 Å². The summed E-state index contributed by atoms with van der Waals surface area (Å²) >= 11 is 5.89. The van der Waals surface area contributed by atoms with Crippen LogP contribution in [-0.2, 0) is 6.42 Å². The third-order valence-corrected chi connectivity index (χ3v) is 3.29. The van der Waals surface area contributed by atoms with Gasteiger partial charge >= 0.3 is 0 Å². The molecule has 0 saturated carbocycles. The summed E-state index contributed by atoms with van der Waals surface area (Å²) < 4.78 is 7.39. The van der Waals surface area contributed by atoms with Crippen LogP contribution >= 0.6 is 11.6 Å². The number of rotatable bonds is 6.